The third-order valence-corrected chi connectivity index (χ3v) is 3.02. The van der Waals surface area contributed by atoms with Gasteiger partial charge in [-0.25, -0.2) is 9.97 Å². The van der Waals surface area contributed by atoms with Crippen molar-refractivity contribution >= 4 is 5.95 Å². The van der Waals surface area contributed by atoms with Crippen LogP contribution in [0.3, 0.4) is 0 Å². The lowest BCUT2D eigenvalue weighted by atomic mass is 10.1. The van der Waals surface area contributed by atoms with Crippen molar-refractivity contribution in [1.82, 2.24) is 9.97 Å². The minimum absolute atomic E-state index is 0.721. The first kappa shape index (κ1) is 13.5. The second-order valence-corrected chi connectivity index (χ2v) is 4.70. The summed E-state index contributed by atoms with van der Waals surface area (Å²) in [6, 6.07) is 10.6. The van der Waals surface area contributed by atoms with E-state index < -0.39 is 0 Å². The van der Waals surface area contributed by atoms with E-state index in [4.69, 9.17) is 0 Å². The van der Waals surface area contributed by atoms with Crippen LogP contribution in [-0.4, -0.2) is 16.5 Å². The number of aromatic nitrogens is 2. The molecule has 0 aliphatic heterocycles. The van der Waals surface area contributed by atoms with Crippen LogP contribution < -0.4 is 5.32 Å². The van der Waals surface area contributed by atoms with Gasteiger partial charge in [-0.05, 0) is 37.5 Å². The van der Waals surface area contributed by atoms with Crippen LogP contribution in [0, 0.1) is 6.92 Å². The molecule has 100 valence electrons. The van der Waals surface area contributed by atoms with Crippen LogP contribution in [0.25, 0.3) is 11.3 Å². The second-order valence-electron chi connectivity index (χ2n) is 4.70. The van der Waals surface area contributed by atoms with Crippen molar-refractivity contribution < 1.29 is 0 Å². The number of anilines is 1. The molecule has 0 bridgehead atoms. The van der Waals surface area contributed by atoms with E-state index in [1.54, 1.807) is 0 Å². The zero-order valence-electron chi connectivity index (χ0n) is 11.9. The van der Waals surface area contributed by atoms with Crippen LogP contribution >= 0.6 is 0 Å². The van der Waals surface area contributed by atoms with E-state index in [2.05, 4.69) is 53.4 Å². The van der Waals surface area contributed by atoms with Crippen molar-refractivity contribution in [3.63, 3.8) is 0 Å². The number of rotatable bonds is 5. The Morgan fingerprint density at radius 3 is 2.68 bits per heavy atom. The highest BCUT2D eigenvalue weighted by molar-refractivity contribution is 5.61. The number of hydrogen-bond donors (Lipinski definition) is 1. The fourth-order valence-corrected chi connectivity index (χ4v) is 1.98. The summed E-state index contributed by atoms with van der Waals surface area (Å²) in [4.78, 5) is 9.01. The minimum atomic E-state index is 0.721. The zero-order chi connectivity index (χ0) is 13.7. The predicted molar refractivity (Wildman–Crippen MR) is 80.4 cm³/mol. The highest BCUT2D eigenvalue weighted by Crippen LogP contribution is 2.20. The van der Waals surface area contributed by atoms with E-state index >= 15 is 0 Å². The summed E-state index contributed by atoms with van der Waals surface area (Å²) in [5, 5.41) is 3.25. The van der Waals surface area contributed by atoms with E-state index in [0.717, 1.165) is 42.3 Å². The summed E-state index contributed by atoms with van der Waals surface area (Å²) >= 11 is 0. The van der Waals surface area contributed by atoms with E-state index in [-0.39, 0.29) is 0 Å². The van der Waals surface area contributed by atoms with Crippen LogP contribution in [-0.2, 0) is 6.42 Å². The summed E-state index contributed by atoms with van der Waals surface area (Å²) in [6.45, 7) is 7.21. The lowest BCUT2D eigenvalue weighted by Gasteiger charge is -2.08. The van der Waals surface area contributed by atoms with Crippen LogP contribution in [0.1, 0.15) is 31.5 Å². The molecule has 3 heteroatoms. The number of benzene rings is 1. The smallest absolute Gasteiger partial charge is 0.223 e. The van der Waals surface area contributed by atoms with E-state index in [0.29, 0.717) is 0 Å². The topological polar surface area (TPSA) is 37.8 Å². The van der Waals surface area contributed by atoms with Gasteiger partial charge >= 0.3 is 0 Å². The number of nitrogens with zero attached hydrogens (tertiary/aromatic N) is 2. The van der Waals surface area contributed by atoms with E-state index in [1.165, 1.54) is 5.56 Å². The Bertz CT molecular complexity index is 549. The Balaban J connectivity index is 2.34. The van der Waals surface area contributed by atoms with Gasteiger partial charge in [0.25, 0.3) is 0 Å². The van der Waals surface area contributed by atoms with Gasteiger partial charge in [-0.1, -0.05) is 32.0 Å². The summed E-state index contributed by atoms with van der Waals surface area (Å²) in [5.41, 5.74) is 4.47. The van der Waals surface area contributed by atoms with Gasteiger partial charge in [0.05, 0.1) is 5.69 Å². The first-order chi connectivity index (χ1) is 9.22. The average Bonchev–Trinajstić information content (AvgIpc) is 2.44. The van der Waals surface area contributed by atoms with Crippen molar-refractivity contribution in [2.24, 2.45) is 0 Å². The van der Waals surface area contributed by atoms with Crippen molar-refractivity contribution in [3.05, 3.63) is 41.6 Å². The van der Waals surface area contributed by atoms with Gasteiger partial charge in [0, 0.05) is 17.8 Å². The molecule has 0 fully saturated rings. The fraction of sp³-hybridized carbons (Fsp3) is 0.375. The highest BCUT2D eigenvalue weighted by Gasteiger charge is 2.04. The zero-order valence-corrected chi connectivity index (χ0v) is 11.9. The van der Waals surface area contributed by atoms with Gasteiger partial charge in [-0.2, -0.15) is 0 Å². The lowest BCUT2D eigenvalue weighted by Crippen LogP contribution is -2.05. The molecule has 0 saturated carbocycles. The largest absolute Gasteiger partial charge is 0.354 e. The van der Waals surface area contributed by atoms with Gasteiger partial charge in [-0.3, -0.25) is 0 Å². The maximum atomic E-state index is 4.59. The fourth-order valence-electron chi connectivity index (χ4n) is 1.98. The van der Waals surface area contributed by atoms with Crippen molar-refractivity contribution in [3.8, 4) is 11.3 Å². The number of hydrogen-bond acceptors (Lipinski definition) is 3. The second kappa shape index (κ2) is 6.32. The molecule has 0 aliphatic rings. The Morgan fingerprint density at radius 2 is 1.95 bits per heavy atom. The molecule has 0 amide bonds. The molecule has 0 unspecified atom stereocenters. The molecule has 1 N–H and O–H groups in total. The molecular weight excluding hydrogens is 234 g/mol. The quantitative estimate of drug-likeness (QED) is 0.882. The summed E-state index contributed by atoms with van der Waals surface area (Å²) in [7, 11) is 0. The Morgan fingerprint density at radius 1 is 1.11 bits per heavy atom. The molecule has 2 rings (SSSR count). The Kier molecular flexibility index (Phi) is 4.50. The first-order valence-corrected chi connectivity index (χ1v) is 6.91. The van der Waals surface area contributed by atoms with E-state index in [9.17, 15) is 0 Å². The van der Waals surface area contributed by atoms with Crippen molar-refractivity contribution in [1.29, 1.82) is 0 Å². The third kappa shape index (κ3) is 3.53. The molecule has 0 aliphatic carbocycles. The molecule has 19 heavy (non-hydrogen) atoms. The number of nitrogens with one attached hydrogen (secondary N) is 1. The first-order valence-electron chi connectivity index (χ1n) is 6.91. The van der Waals surface area contributed by atoms with Crippen molar-refractivity contribution in [2.75, 3.05) is 11.9 Å². The summed E-state index contributed by atoms with van der Waals surface area (Å²) < 4.78 is 0. The van der Waals surface area contributed by atoms with Gasteiger partial charge in [0.15, 0.2) is 0 Å². The predicted octanol–water partition coefficient (Wildman–Crippen LogP) is 3.84. The van der Waals surface area contributed by atoms with Crippen LogP contribution in [0.5, 0.6) is 0 Å². The standard InChI is InChI=1S/C16H21N3/c1-4-9-17-16-18-12(3)10-15(19-16)14-8-6-7-13(5-2)11-14/h6-8,10-11H,4-5,9H2,1-3H3,(H,17,18,19). The normalized spacial score (nSPS) is 10.5. The van der Waals surface area contributed by atoms with Crippen LogP contribution in [0.15, 0.2) is 30.3 Å². The molecule has 2 aromatic rings. The molecule has 1 aromatic heterocycles. The Hall–Kier alpha value is -1.90. The van der Waals surface area contributed by atoms with Gasteiger partial charge < -0.3 is 5.32 Å². The molecule has 0 saturated heterocycles. The molecule has 1 heterocycles. The maximum Gasteiger partial charge on any atom is 0.223 e. The minimum Gasteiger partial charge on any atom is -0.354 e. The maximum absolute atomic E-state index is 4.59. The molecule has 3 nitrogen and oxygen atoms in total. The number of aryl methyl sites for hydroxylation is 2. The van der Waals surface area contributed by atoms with Gasteiger partial charge in [0.2, 0.25) is 5.95 Å². The summed E-state index contributed by atoms with van der Waals surface area (Å²) in [6.07, 6.45) is 2.11. The molecule has 0 spiro atoms. The van der Waals surface area contributed by atoms with Crippen molar-refractivity contribution in [2.45, 2.75) is 33.6 Å². The van der Waals surface area contributed by atoms with Crippen LogP contribution in [0.2, 0.25) is 0 Å². The molecule has 1 aromatic carbocycles. The SMILES string of the molecule is CCCNc1nc(C)cc(-c2cccc(CC)c2)n1. The highest BCUT2D eigenvalue weighted by atomic mass is 15.1. The lowest BCUT2D eigenvalue weighted by molar-refractivity contribution is 0.947. The molecule has 0 atom stereocenters. The van der Waals surface area contributed by atoms with Gasteiger partial charge in [0.1, 0.15) is 0 Å². The van der Waals surface area contributed by atoms with E-state index in [1.807, 2.05) is 13.0 Å². The molecular formula is C16H21N3. The average molecular weight is 255 g/mol. The summed E-state index contributed by atoms with van der Waals surface area (Å²) in [5.74, 6) is 0.721. The third-order valence-electron chi connectivity index (χ3n) is 3.02. The van der Waals surface area contributed by atoms with Gasteiger partial charge in [-0.15, -0.1) is 0 Å². The Labute approximate surface area is 115 Å². The van der Waals surface area contributed by atoms with Crippen LogP contribution in [0.4, 0.5) is 5.95 Å². The monoisotopic (exact) mass is 255 g/mol. The molecule has 0 radical (unpaired) electrons.